The highest BCUT2D eigenvalue weighted by molar-refractivity contribution is 6.44. The number of amides is 1. The molecule has 1 amide bonds. The van der Waals surface area contributed by atoms with E-state index in [-0.39, 0.29) is 16.7 Å². The van der Waals surface area contributed by atoms with Gasteiger partial charge in [-0.25, -0.2) is 5.23 Å². The molecule has 12 heteroatoms. The molecule has 2 aliphatic rings. The third kappa shape index (κ3) is 4.45. The summed E-state index contributed by atoms with van der Waals surface area (Å²) < 4.78 is 0. The average Bonchev–Trinajstić information content (AvgIpc) is 2.73. The summed E-state index contributed by atoms with van der Waals surface area (Å²) in [5.41, 5.74) is 2.25. The molecule has 31 heavy (non-hydrogen) atoms. The monoisotopic (exact) mass is 425 g/mol. The molecule has 0 fully saturated rings. The van der Waals surface area contributed by atoms with Crippen molar-refractivity contribution in [2.24, 2.45) is 10.9 Å². The zero-order valence-corrected chi connectivity index (χ0v) is 16.6. The lowest BCUT2D eigenvalue weighted by Crippen LogP contribution is -2.37. The van der Waals surface area contributed by atoms with Crippen LogP contribution in [-0.2, 0) is 4.79 Å². The van der Waals surface area contributed by atoms with Crippen LogP contribution in [0.3, 0.4) is 0 Å². The Morgan fingerprint density at radius 2 is 2.06 bits per heavy atom. The van der Waals surface area contributed by atoms with Gasteiger partial charge in [0.2, 0.25) is 5.36 Å². The van der Waals surface area contributed by atoms with Crippen molar-refractivity contribution in [1.82, 2.24) is 20.1 Å². The Morgan fingerprint density at radius 1 is 1.32 bits per heavy atom. The van der Waals surface area contributed by atoms with E-state index in [1.165, 1.54) is 24.4 Å². The quantitative estimate of drug-likeness (QED) is 0.265. The zero-order chi connectivity index (χ0) is 22.7. The number of nitrogens with zero attached hydrogens (tertiary/aromatic N) is 4. The molecule has 5 N–H and O–H groups in total. The van der Waals surface area contributed by atoms with Crippen LogP contribution < -0.4 is 21.4 Å². The van der Waals surface area contributed by atoms with E-state index in [9.17, 15) is 25.6 Å². The van der Waals surface area contributed by atoms with E-state index in [1.807, 2.05) is 19.9 Å². The number of nitrogens with one attached hydrogen (secondary N) is 2. The molecule has 162 valence electrons. The minimum absolute atomic E-state index is 0.0502. The molecule has 0 aromatic heterocycles. The molecule has 1 aliphatic carbocycles. The van der Waals surface area contributed by atoms with E-state index in [0.29, 0.717) is 11.4 Å². The van der Waals surface area contributed by atoms with E-state index in [0.717, 1.165) is 11.1 Å². The number of hydrogen-bond donors (Lipinski definition) is 4. The topological polar surface area (TPSA) is 192 Å². The summed E-state index contributed by atoms with van der Waals surface area (Å²) in [4.78, 5) is 19.1. The van der Waals surface area contributed by atoms with E-state index in [4.69, 9.17) is 5.84 Å². The standard InChI is InChI=1S/C19H19N7O5/c1-10-4-3-5-13(11(10)2)23-19(27)17(24-20)18(26(30)31)16-9-21-14-7-6-12(25(28)29)8-15(14)22-16/h3-9,18,30H,1-2H3,(H4-,20,21,22,23,24,27,28,29)/q-2. The Bertz CT molecular complexity index is 1180. The van der Waals surface area contributed by atoms with Crippen molar-refractivity contribution in [3.63, 3.8) is 0 Å². The molecule has 0 radical (unpaired) electrons. The van der Waals surface area contributed by atoms with E-state index in [2.05, 4.69) is 20.4 Å². The van der Waals surface area contributed by atoms with Crippen LogP contribution in [0.2, 0.25) is 0 Å². The molecule has 1 aliphatic heterocycles. The van der Waals surface area contributed by atoms with Gasteiger partial charge in [0.25, 0.3) is 5.91 Å². The Morgan fingerprint density at radius 3 is 2.71 bits per heavy atom. The molecule has 0 bridgehead atoms. The summed E-state index contributed by atoms with van der Waals surface area (Å²) in [6.45, 7) is 3.68. The first-order valence-corrected chi connectivity index (χ1v) is 9.00. The van der Waals surface area contributed by atoms with Gasteiger partial charge >= 0.3 is 0 Å². The number of hydrogen-bond acceptors (Lipinski definition) is 9. The van der Waals surface area contributed by atoms with Gasteiger partial charge in [-0.05, 0) is 37.1 Å². The van der Waals surface area contributed by atoms with E-state index >= 15 is 0 Å². The summed E-state index contributed by atoms with van der Waals surface area (Å²) in [5.74, 6) is 4.56. The third-order valence-corrected chi connectivity index (χ3v) is 4.81. The van der Waals surface area contributed by atoms with Crippen molar-refractivity contribution in [1.29, 1.82) is 0 Å². The Labute approximate surface area is 176 Å². The molecular weight excluding hydrogens is 406 g/mol. The second-order valence-corrected chi connectivity index (χ2v) is 6.72. The molecule has 0 spiro atoms. The molecule has 3 rings (SSSR count). The number of carbonyl (C=O) groups is 1. The summed E-state index contributed by atoms with van der Waals surface area (Å²) in [6, 6.07) is 7.53. The number of aromatic nitrogens is 2. The SMILES string of the molecule is Cc1cccc(NC(=O)/C(=N/N)C(c2cnc3ccc(=[N+]([O-])[O-])cc-3[nH]2)N([O-])O)c1C. The Balaban J connectivity index is 2.02. The van der Waals surface area contributed by atoms with Gasteiger partial charge in [-0.3, -0.25) is 9.78 Å². The van der Waals surface area contributed by atoms with Gasteiger partial charge in [-0.15, -0.1) is 0 Å². The smallest absolute Gasteiger partial charge is 0.273 e. The fraction of sp³-hybridized carbons (Fsp3) is 0.158. The molecule has 1 atom stereocenters. The molecule has 1 aromatic rings. The first-order chi connectivity index (χ1) is 14.7. The van der Waals surface area contributed by atoms with Crippen LogP contribution in [0.1, 0.15) is 22.9 Å². The minimum atomic E-state index is -1.66. The molecule has 1 heterocycles. The van der Waals surface area contributed by atoms with Crippen molar-refractivity contribution in [3.8, 4) is 11.4 Å². The highest BCUT2D eigenvalue weighted by Gasteiger charge is 2.28. The average molecular weight is 425 g/mol. The number of carbonyl (C=O) groups excluding carboxylic acids is 1. The van der Waals surface area contributed by atoms with Gasteiger partial charge < -0.3 is 37.0 Å². The van der Waals surface area contributed by atoms with Crippen LogP contribution in [0.4, 0.5) is 5.69 Å². The molecule has 1 aromatic carbocycles. The maximum Gasteiger partial charge on any atom is 0.273 e. The number of aromatic amines is 1. The number of aryl methyl sites for hydroxylation is 1. The molecule has 0 saturated carbocycles. The van der Waals surface area contributed by atoms with Gasteiger partial charge in [0.05, 0.1) is 17.1 Å². The van der Waals surface area contributed by atoms with Crippen molar-refractivity contribution >= 4 is 17.3 Å². The number of rotatable bonds is 5. The predicted octanol–water partition coefficient (Wildman–Crippen LogP) is 1.08. The minimum Gasteiger partial charge on any atom is -0.761 e. The number of H-pyrrole nitrogens is 1. The second kappa shape index (κ2) is 8.79. The van der Waals surface area contributed by atoms with Crippen LogP contribution >= 0.6 is 0 Å². The maximum absolute atomic E-state index is 12.8. The first kappa shape index (κ1) is 21.7. The van der Waals surface area contributed by atoms with Gasteiger partial charge in [0.1, 0.15) is 11.8 Å². The van der Waals surface area contributed by atoms with Gasteiger partial charge in [0, 0.05) is 24.0 Å². The number of anilines is 1. The van der Waals surface area contributed by atoms with Crippen LogP contribution in [0.15, 0.2) is 47.7 Å². The maximum atomic E-state index is 12.8. The van der Waals surface area contributed by atoms with Crippen molar-refractivity contribution in [2.45, 2.75) is 19.9 Å². The van der Waals surface area contributed by atoms with Crippen molar-refractivity contribution < 1.29 is 10.0 Å². The van der Waals surface area contributed by atoms with E-state index in [1.54, 1.807) is 12.1 Å². The van der Waals surface area contributed by atoms with Crippen molar-refractivity contribution in [2.75, 3.05) is 5.32 Å². The second-order valence-electron chi connectivity index (χ2n) is 6.72. The van der Waals surface area contributed by atoms with Gasteiger partial charge in [0.15, 0.2) is 0 Å². The number of benzene rings is 2. The lowest BCUT2D eigenvalue weighted by atomic mass is 10.1. The summed E-state index contributed by atoms with van der Waals surface area (Å²) >= 11 is 0. The van der Waals surface area contributed by atoms with Crippen LogP contribution in [-0.4, -0.2) is 32.0 Å². The fourth-order valence-electron chi connectivity index (χ4n) is 3.01. The van der Waals surface area contributed by atoms with E-state index < -0.39 is 27.8 Å². The van der Waals surface area contributed by atoms with Crippen LogP contribution in [0, 0.1) is 29.5 Å². The summed E-state index contributed by atoms with van der Waals surface area (Å²) in [5, 5.41) is 49.0. The third-order valence-electron chi connectivity index (χ3n) is 4.81. The number of hydrazone groups is 1. The summed E-state index contributed by atoms with van der Waals surface area (Å²) in [7, 11) is 0. The molecule has 0 saturated heterocycles. The normalized spacial score (nSPS) is 12.7. The lowest BCUT2D eigenvalue weighted by molar-refractivity contribution is -0.112. The molecule has 1 unspecified atom stereocenters. The number of nitrogens with two attached hydrogens (primary N) is 1. The highest BCUT2D eigenvalue weighted by atomic mass is 16.8. The number of fused-ring (bicyclic) bond motifs is 1. The van der Waals surface area contributed by atoms with Crippen molar-refractivity contribution in [3.05, 3.63) is 80.4 Å². The Hall–Kier alpha value is -4.00. The highest BCUT2D eigenvalue weighted by Crippen LogP contribution is 2.24. The summed E-state index contributed by atoms with van der Waals surface area (Å²) in [6.07, 6.45) is 1.20. The predicted molar refractivity (Wildman–Crippen MR) is 113 cm³/mol. The van der Waals surface area contributed by atoms with Crippen LogP contribution in [0.25, 0.3) is 11.4 Å². The largest absolute Gasteiger partial charge is 0.761 e. The fourth-order valence-corrected chi connectivity index (χ4v) is 3.01. The van der Waals surface area contributed by atoms with Gasteiger partial charge in [-0.1, -0.05) is 12.1 Å². The molecule has 12 nitrogen and oxygen atoms in total. The lowest BCUT2D eigenvalue weighted by Gasteiger charge is -2.31. The number of hydroxylamine groups is 2. The molecular formula is C19H19N7O5-2. The first-order valence-electron chi connectivity index (χ1n) is 9.00. The zero-order valence-electron chi connectivity index (χ0n) is 16.6. The van der Waals surface area contributed by atoms with Crippen LogP contribution in [0.5, 0.6) is 0 Å². The Kier molecular flexibility index (Phi) is 6.15. The van der Waals surface area contributed by atoms with Gasteiger partial charge in [-0.2, -0.15) is 10.0 Å².